The summed E-state index contributed by atoms with van der Waals surface area (Å²) in [6.45, 7) is 8.60. The first-order valence-corrected chi connectivity index (χ1v) is 8.86. The van der Waals surface area contributed by atoms with E-state index in [1.165, 1.54) is 0 Å². The van der Waals surface area contributed by atoms with Gasteiger partial charge < -0.3 is 18.8 Å². The van der Waals surface area contributed by atoms with Crippen molar-refractivity contribution >= 4 is 5.91 Å². The molecule has 2 aromatic heterocycles. The number of nitrogens with zero attached hydrogens (tertiary/aromatic N) is 5. The van der Waals surface area contributed by atoms with E-state index < -0.39 is 0 Å². The second-order valence-electron chi connectivity index (χ2n) is 6.93. The van der Waals surface area contributed by atoms with Crippen LogP contribution in [-0.4, -0.2) is 49.6 Å². The largest absolute Gasteiger partial charge is 0.367 e. The third kappa shape index (κ3) is 3.92. The predicted molar refractivity (Wildman–Crippen MR) is 94.2 cm³/mol. The van der Waals surface area contributed by atoms with Gasteiger partial charge >= 0.3 is 0 Å². The van der Waals surface area contributed by atoms with E-state index in [0.29, 0.717) is 38.6 Å². The van der Waals surface area contributed by atoms with Gasteiger partial charge in [0.25, 0.3) is 0 Å². The minimum absolute atomic E-state index is 0.155. The third-order valence-electron chi connectivity index (χ3n) is 4.57. The van der Waals surface area contributed by atoms with Crippen LogP contribution < -0.4 is 0 Å². The van der Waals surface area contributed by atoms with Gasteiger partial charge in [-0.2, -0.15) is 0 Å². The number of rotatable bonds is 5. The number of carbonyl (C=O) groups excluding carboxylic acids is 1. The number of amides is 1. The Hall–Kier alpha value is -2.15. The maximum atomic E-state index is 12.7. The number of carbonyl (C=O) groups is 1. The second-order valence-corrected chi connectivity index (χ2v) is 6.93. The average molecular weight is 345 g/mol. The van der Waals surface area contributed by atoms with Gasteiger partial charge in [-0.1, -0.05) is 13.8 Å². The highest BCUT2D eigenvalue weighted by Crippen LogP contribution is 2.22. The summed E-state index contributed by atoms with van der Waals surface area (Å²) >= 11 is 0. The van der Waals surface area contributed by atoms with Gasteiger partial charge in [0.2, 0.25) is 5.91 Å². The summed E-state index contributed by atoms with van der Waals surface area (Å²) in [5.41, 5.74) is 0.964. The average Bonchev–Trinajstić information content (AvgIpc) is 3.18. The zero-order valence-electron chi connectivity index (χ0n) is 15.5. The maximum absolute atomic E-state index is 12.7. The number of imidazole rings is 2. The lowest BCUT2D eigenvalue weighted by atomic mass is 10.2. The van der Waals surface area contributed by atoms with Crippen molar-refractivity contribution in [2.75, 3.05) is 19.7 Å². The Kier molecular flexibility index (Phi) is 5.22. The molecule has 0 aliphatic carbocycles. The lowest BCUT2D eigenvalue weighted by molar-refractivity contribution is -0.139. The molecule has 1 aliphatic rings. The molecule has 0 bridgehead atoms. The molecule has 0 unspecified atom stereocenters. The molecule has 3 heterocycles. The van der Waals surface area contributed by atoms with Crippen molar-refractivity contribution in [3.63, 3.8) is 0 Å². The Labute approximate surface area is 148 Å². The van der Waals surface area contributed by atoms with Gasteiger partial charge in [0, 0.05) is 51.1 Å². The molecule has 1 atom stereocenters. The zero-order chi connectivity index (χ0) is 18.0. The maximum Gasteiger partial charge on any atom is 0.224 e. The van der Waals surface area contributed by atoms with E-state index in [-0.39, 0.29) is 12.0 Å². The summed E-state index contributed by atoms with van der Waals surface area (Å²) in [6.07, 6.45) is 6.04. The number of hydrogen-bond acceptors (Lipinski definition) is 4. The van der Waals surface area contributed by atoms with Crippen molar-refractivity contribution < 1.29 is 9.53 Å². The molecule has 1 amide bonds. The quantitative estimate of drug-likeness (QED) is 0.832. The van der Waals surface area contributed by atoms with Crippen LogP contribution in [0.1, 0.15) is 49.6 Å². The number of ether oxygens (including phenoxy) is 1. The van der Waals surface area contributed by atoms with E-state index in [1.807, 2.05) is 35.8 Å². The van der Waals surface area contributed by atoms with Crippen molar-refractivity contribution in [1.82, 2.24) is 24.0 Å². The van der Waals surface area contributed by atoms with Crippen LogP contribution in [0.4, 0.5) is 0 Å². The Morgan fingerprint density at radius 3 is 2.92 bits per heavy atom. The molecule has 1 aliphatic heterocycles. The fourth-order valence-electron chi connectivity index (χ4n) is 3.35. The molecule has 0 radical (unpaired) electrons. The van der Waals surface area contributed by atoms with Crippen LogP contribution in [0.2, 0.25) is 0 Å². The van der Waals surface area contributed by atoms with Crippen molar-refractivity contribution in [3.8, 4) is 0 Å². The highest BCUT2D eigenvalue weighted by atomic mass is 16.5. The Morgan fingerprint density at radius 1 is 1.44 bits per heavy atom. The molecule has 7 heteroatoms. The smallest absolute Gasteiger partial charge is 0.224 e. The molecular formula is C18H27N5O2. The van der Waals surface area contributed by atoms with Crippen molar-refractivity contribution in [1.29, 1.82) is 0 Å². The van der Waals surface area contributed by atoms with Gasteiger partial charge in [-0.25, -0.2) is 9.97 Å². The van der Waals surface area contributed by atoms with Crippen LogP contribution in [0.5, 0.6) is 0 Å². The lowest BCUT2D eigenvalue weighted by Crippen LogP contribution is -2.43. The van der Waals surface area contributed by atoms with Crippen LogP contribution >= 0.6 is 0 Å². The van der Waals surface area contributed by atoms with Gasteiger partial charge in [-0.3, -0.25) is 4.79 Å². The van der Waals surface area contributed by atoms with E-state index in [2.05, 4.69) is 28.4 Å². The summed E-state index contributed by atoms with van der Waals surface area (Å²) in [5, 5.41) is 0. The summed E-state index contributed by atoms with van der Waals surface area (Å²) in [6, 6.07) is 0. The van der Waals surface area contributed by atoms with Crippen LogP contribution in [-0.2, 0) is 23.1 Å². The van der Waals surface area contributed by atoms with Gasteiger partial charge in [-0.05, 0) is 6.92 Å². The van der Waals surface area contributed by atoms with Crippen LogP contribution in [0.3, 0.4) is 0 Å². The van der Waals surface area contributed by atoms with E-state index in [0.717, 1.165) is 17.3 Å². The van der Waals surface area contributed by atoms with Crippen LogP contribution in [0.25, 0.3) is 0 Å². The van der Waals surface area contributed by atoms with Gasteiger partial charge in [0.1, 0.15) is 17.8 Å². The molecule has 0 aromatic carbocycles. The molecular weight excluding hydrogens is 318 g/mol. The van der Waals surface area contributed by atoms with E-state index in [9.17, 15) is 4.79 Å². The number of aromatic nitrogens is 4. The van der Waals surface area contributed by atoms with Crippen LogP contribution in [0, 0.1) is 6.92 Å². The Bertz CT molecular complexity index is 734. The van der Waals surface area contributed by atoms with Crippen molar-refractivity contribution in [2.45, 2.75) is 45.8 Å². The first-order valence-electron chi connectivity index (χ1n) is 8.86. The number of aryl methyl sites for hydroxylation is 3. The molecule has 0 spiro atoms. The normalized spacial score (nSPS) is 18.1. The Morgan fingerprint density at radius 2 is 2.24 bits per heavy atom. The van der Waals surface area contributed by atoms with Crippen molar-refractivity contribution in [3.05, 3.63) is 35.9 Å². The summed E-state index contributed by atoms with van der Waals surface area (Å²) in [7, 11) is 1.96. The molecule has 3 rings (SSSR count). The van der Waals surface area contributed by atoms with E-state index in [4.69, 9.17) is 4.74 Å². The zero-order valence-corrected chi connectivity index (χ0v) is 15.5. The van der Waals surface area contributed by atoms with Crippen molar-refractivity contribution in [2.24, 2.45) is 7.05 Å². The molecule has 2 aromatic rings. The highest BCUT2D eigenvalue weighted by molar-refractivity contribution is 5.76. The molecule has 7 nitrogen and oxygen atoms in total. The minimum Gasteiger partial charge on any atom is -0.367 e. The minimum atomic E-state index is -0.157. The second kappa shape index (κ2) is 7.39. The third-order valence-corrected chi connectivity index (χ3v) is 4.57. The summed E-state index contributed by atoms with van der Waals surface area (Å²) < 4.78 is 9.90. The summed E-state index contributed by atoms with van der Waals surface area (Å²) in [5.74, 6) is 2.41. The van der Waals surface area contributed by atoms with Gasteiger partial charge in [0.05, 0.1) is 18.8 Å². The molecule has 1 saturated heterocycles. The molecule has 25 heavy (non-hydrogen) atoms. The van der Waals surface area contributed by atoms with Crippen LogP contribution in [0.15, 0.2) is 18.6 Å². The topological polar surface area (TPSA) is 65.2 Å². The predicted octanol–water partition coefficient (Wildman–Crippen LogP) is 2.04. The lowest BCUT2D eigenvalue weighted by Gasteiger charge is -2.32. The SMILES string of the molecule is Cc1cn(C)c([C@@H]2CN(C(=O)CCn3ccnc3C(C)C)CCO2)n1. The molecule has 0 N–H and O–H groups in total. The van der Waals surface area contributed by atoms with E-state index >= 15 is 0 Å². The standard InChI is InChI=1S/C18H27N5O2/c1-13(2)17-19-6-8-22(17)7-5-16(24)23-9-10-25-15(12-23)18-20-14(3)11-21(18)4/h6,8,11,13,15H,5,7,9-10,12H2,1-4H3/t15-/m0/s1. The van der Waals surface area contributed by atoms with E-state index in [1.54, 1.807) is 6.20 Å². The molecule has 1 fully saturated rings. The number of morpholine rings is 1. The Balaban J connectivity index is 1.60. The summed E-state index contributed by atoms with van der Waals surface area (Å²) in [4.78, 5) is 23.5. The first-order chi connectivity index (χ1) is 12.0. The molecule has 0 saturated carbocycles. The fraction of sp³-hybridized carbons (Fsp3) is 0.611. The monoisotopic (exact) mass is 345 g/mol. The first kappa shape index (κ1) is 17.7. The van der Waals surface area contributed by atoms with Gasteiger partial charge in [0.15, 0.2) is 0 Å². The van der Waals surface area contributed by atoms with Gasteiger partial charge in [-0.15, -0.1) is 0 Å². The highest BCUT2D eigenvalue weighted by Gasteiger charge is 2.28. The fourth-order valence-corrected chi connectivity index (χ4v) is 3.35. The number of hydrogen-bond donors (Lipinski definition) is 0. The molecule has 136 valence electrons.